The molecule has 2 aromatic carbocycles. The van der Waals surface area contributed by atoms with Crippen LogP contribution in [0.4, 0.5) is 5.69 Å². The van der Waals surface area contributed by atoms with E-state index < -0.39 is 33.4 Å². The van der Waals surface area contributed by atoms with E-state index in [4.69, 9.17) is 0 Å². The largest absolute Gasteiger partial charge is 0.274 e. The third-order valence-corrected chi connectivity index (χ3v) is 7.65. The molecule has 6 nitrogen and oxygen atoms in total. The minimum absolute atomic E-state index is 0.105. The Hall–Kier alpha value is -2.51. The van der Waals surface area contributed by atoms with Gasteiger partial charge in [-0.15, -0.1) is 0 Å². The van der Waals surface area contributed by atoms with Crippen LogP contribution in [0.2, 0.25) is 0 Å². The standard InChI is InChI=1S/C24H30N2O4S/c1-16(2)18-9-11-19(12-10-18)25-22(27)15-21(23(25)28)26(24(4,5)6)31(29,30)20-13-7-17(3)8-14-20/h7-14,16,21H,15H2,1-6H3. The van der Waals surface area contributed by atoms with E-state index in [0.717, 1.165) is 16.0 Å². The molecule has 0 N–H and O–H groups in total. The Kier molecular flexibility index (Phi) is 6.13. The third-order valence-electron chi connectivity index (χ3n) is 5.46. The van der Waals surface area contributed by atoms with Crippen LogP contribution in [-0.4, -0.2) is 36.1 Å². The van der Waals surface area contributed by atoms with Gasteiger partial charge in [-0.05, 0) is 63.4 Å². The molecule has 1 heterocycles. The molecule has 0 aromatic heterocycles. The van der Waals surface area contributed by atoms with Crippen molar-refractivity contribution in [1.82, 2.24) is 4.31 Å². The molecule has 7 heteroatoms. The Morgan fingerprint density at radius 1 is 0.968 bits per heavy atom. The lowest BCUT2D eigenvalue weighted by molar-refractivity contribution is -0.122. The van der Waals surface area contributed by atoms with Gasteiger partial charge in [0.25, 0.3) is 5.91 Å². The first-order chi connectivity index (χ1) is 14.3. The molecule has 1 unspecified atom stereocenters. The number of amides is 2. The second kappa shape index (κ2) is 8.20. The van der Waals surface area contributed by atoms with Crippen molar-refractivity contribution in [2.75, 3.05) is 4.90 Å². The van der Waals surface area contributed by atoms with E-state index >= 15 is 0 Å². The first kappa shape index (κ1) is 23.2. The van der Waals surface area contributed by atoms with Crippen molar-refractivity contribution in [1.29, 1.82) is 0 Å². The van der Waals surface area contributed by atoms with Gasteiger partial charge in [-0.1, -0.05) is 43.7 Å². The molecule has 2 amide bonds. The van der Waals surface area contributed by atoms with Gasteiger partial charge in [0.15, 0.2) is 0 Å². The predicted octanol–water partition coefficient (Wildman–Crippen LogP) is 4.24. The Morgan fingerprint density at radius 2 is 1.52 bits per heavy atom. The lowest BCUT2D eigenvalue weighted by Gasteiger charge is -2.37. The molecule has 2 aromatic rings. The Balaban J connectivity index is 2.01. The smallest absolute Gasteiger partial charge is 0.252 e. The molecule has 1 aliphatic rings. The molecule has 1 atom stereocenters. The molecule has 1 fully saturated rings. The molecule has 31 heavy (non-hydrogen) atoms. The van der Waals surface area contributed by atoms with Gasteiger partial charge in [-0.25, -0.2) is 13.3 Å². The third kappa shape index (κ3) is 4.43. The summed E-state index contributed by atoms with van der Waals surface area (Å²) in [7, 11) is -4.01. The van der Waals surface area contributed by atoms with E-state index in [-0.39, 0.29) is 11.3 Å². The lowest BCUT2D eigenvalue weighted by Crippen LogP contribution is -2.54. The lowest BCUT2D eigenvalue weighted by atomic mass is 10.0. The molecule has 0 spiro atoms. The monoisotopic (exact) mass is 442 g/mol. The molecular formula is C24H30N2O4S. The van der Waals surface area contributed by atoms with Gasteiger partial charge in [-0.3, -0.25) is 9.59 Å². The zero-order chi connectivity index (χ0) is 23.1. The highest BCUT2D eigenvalue weighted by Gasteiger charge is 2.50. The number of carbonyl (C=O) groups excluding carboxylic acids is 2. The van der Waals surface area contributed by atoms with Crippen LogP contribution in [-0.2, 0) is 19.6 Å². The number of rotatable bonds is 5. The highest BCUT2D eigenvalue weighted by molar-refractivity contribution is 7.89. The number of anilines is 1. The molecule has 0 radical (unpaired) electrons. The van der Waals surface area contributed by atoms with E-state index in [0.29, 0.717) is 11.6 Å². The van der Waals surface area contributed by atoms with Crippen LogP contribution in [0, 0.1) is 6.92 Å². The summed E-state index contributed by atoms with van der Waals surface area (Å²) in [6.07, 6.45) is -0.187. The Labute approximate surface area is 184 Å². The fourth-order valence-corrected chi connectivity index (χ4v) is 5.83. The minimum atomic E-state index is -4.01. The number of hydrogen-bond acceptors (Lipinski definition) is 4. The first-order valence-electron chi connectivity index (χ1n) is 10.4. The molecule has 0 saturated carbocycles. The zero-order valence-corrected chi connectivity index (χ0v) is 19.7. The van der Waals surface area contributed by atoms with Gasteiger partial charge in [0, 0.05) is 5.54 Å². The van der Waals surface area contributed by atoms with Gasteiger partial charge >= 0.3 is 0 Å². The maximum absolute atomic E-state index is 13.5. The fraction of sp³-hybridized carbons (Fsp3) is 0.417. The molecule has 0 aliphatic carbocycles. The van der Waals surface area contributed by atoms with E-state index in [1.54, 1.807) is 45.0 Å². The van der Waals surface area contributed by atoms with Crippen LogP contribution in [0.5, 0.6) is 0 Å². The second-order valence-electron chi connectivity index (χ2n) is 9.32. The van der Waals surface area contributed by atoms with Crippen LogP contribution >= 0.6 is 0 Å². The normalized spacial score (nSPS) is 17.8. The van der Waals surface area contributed by atoms with E-state index in [1.165, 1.54) is 16.4 Å². The number of nitrogens with zero attached hydrogens (tertiary/aromatic N) is 2. The Bertz CT molecular complexity index is 1080. The van der Waals surface area contributed by atoms with Crippen LogP contribution in [0.3, 0.4) is 0 Å². The predicted molar refractivity (Wildman–Crippen MR) is 121 cm³/mol. The second-order valence-corrected chi connectivity index (χ2v) is 11.1. The van der Waals surface area contributed by atoms with E-state index in [2.05, 4.69) is 13.8 Å². The summed E-state index contributed by atoms with van der Waals surface area (Å²) in [6, 6.07) is 12.7. The van der Waals surface area contributed by atoms with Gasteiger partial charge in [0.05, 0.1) is 17.0 Å². The van der Waals surface area contributed by atoms with Crippen molar-refractivity contribution in [3.63, 3.8) is 0 Å². The number of carbonyl (C=O) groups is 2. The van der Waals surface area contributed by atoms with Gasteiger partial charge in [0.1, 0.15) is 6.04 Å². The molecular weight excluding hydrogens is 412 g/mol. The number of sulfonamides is 1. The van der Waals surface area contributed by atoms with Crippen molar-refractivity contribution in [3.8, 4) is 0 Å². The molecule has 3 rings (SSSR count). The maximum Gasteiger partial charge on any atom is 0.252 e. The summed E-state index contributed by atoms with van der Waals surface area (Å²) in [5.41, 5.74) is 1.59. The summed E-state index contributed by atoms with van der Waals surface area (Å²) in [5.74, 6) is -0.601. The molecule has 166 valence electrons. The molecule has 0 bridgehead atoms. The number of hydrogen-bond donors (Lipinski definition) is 0. The summed E-state index contributed by atoms with van der Waals surface area (Å²) in [6.45, 7) is 11.2. The van der Waals surface area contributed by atoms with Crippen molar-refractivity contribution in [2.24, 2.45) is 0 Å². The minimum Gasteiger partial charge on any atom is -0.274 e. The quantitative estimate of drug-likeness (QED) is 0.649. The highest BCUT2D eigenvalue weighted by Crippen LogP contribution is 2.34. The summed E-state index contributed by atoms with van der Waals surface area (Å²) >= 11 is 0. The average molecular weight is 443 g/mol. The fourth-order valence-electron chi connectivity index (χ4n) is 3.90. The van der Waals surface area contributed by atoms with Gasteiger partial charge in [-0.2, -0.15) is 4.31 Å². The SMILES string of the molecule is Cc1ccc(S(=O)(=O)N(C2CC(=O)N(c3ccc(C(C)C)cc3)C2=O)C(C)(C)C)cc1. The van der Waals surface area contributed by atoms with Crippen LogP contribution in [0.25, 0.3) is 0 Å². The topological polar surface area (TPSA) is 74.8 Å². The molecule has 1 aliphatic heterocycles. The van der Waals surface area contributed by atoms with Crippen LogP contribution in [0.15, 0.2) is 53.4 Å². The van der Waals surface area contributed by atoms with Gasteiger partial charge < -0.3 is 0 Å². The van der Waals surface area contributed by atoms with Crippen LogP contribution < -0.4 is 4.90 Å². The number of aryl methyl sites for hydroxylation is 1. The van der Waals surface area contributed by atoms with Crippen LogP contribution in [0.1, 0.15) is 58.1 Å². The highest BCUT2D eigenvalue weighted by atomic mass is 32.2. The van der Waals surface area contributed by atoms with E-state index in [9.17, 15) is 18.0 Å². The summed E-state index contributed by atoms with van der Waals surface area (Å²) in [4.78, 5) is 27.4. The summed E-state index contributed by atoms with van der Waals surface area (Å²) in [5, 5.41) is 0. The first-order valence-corrected chi connectivity index (χ1v) is 11.9. The van der Waals surface area contributed by atoms with E-state index in [1.807, 2.05) is 19.1 Å². The van der Waals surface area contributed by atoms with Gasteiger partial charge in [0.2, 0.25) is 15.9 Å². The van der Waals surface area contributed by atoms with Crippen molar-refractivity contribution < 1.29 is 18.0 Å². The van der Waals surface area contributed by atoms with Crippen molar-refractivity contribution in [2.45, 2.75) is 70.4 Å². The Morgan fingerprint density at radius 3 is 2.00 bits per heavy atom. The summed E-state index contributed by atoms with van der Waals surface area (Å²) < 4.78 is 28.3. The number of imide groups is 1. The van der Waals surface area contributed by atoms with Crippen molar-refractivity contribution in [3.05, 3.63) is 59.7 Å². The van der Waals surface area contributed by atoms with Crippen molar-refractivity contribution >= 4 is 27.5 Å². The number of benzene rings is 2. The zero-order valence-electron chi connectivity index (χ0n) is 18.9. The average Bonchev–Trinajstić information content (AvgIpc) is 2.94. The molecule has 1 saturated heterocycles. The maximum atomic E-state index is 13.5.